The van der Waals surface area contributed by atoms with E-state index in [4.69, 9.17) is 9.15 Å². The maximum atomic E-state index is 13.0. The number of hydrogen-bond acceptors (Lipinski definition) is 7. The molecule has 2 aromatic heterocycles. The van der Waals surface area contributed by atoms with Crippen molar-refractivity contribution >= 4 is 23.4 Å². The van der Waals surface area contributed by atoms with Crippen molar-refractivity contribution in [1.82, 2.24) is 20.2 Å². The Morgan fingerprint density at radius 3 is 2.89 bits per heavy atom. The van der Waals surface area contributed by atoms with Crippen molar-refractivity contribution < 1.29 is 13.9 Å². The number of nitrogens with zero attached hydrogens (tertiary/aromatic N) is 5. The van der Waals surface area contributed by atoms with Crippen LogP contribution in [-0.2, 0) is 22.6 Å². The fraction of sp³-hybridized carbons (Fsp3) is 0.368. The van der Waals surface area contributed by atoms with Crippen LogP contribution < -0.4 is 4.90 Å². The van der Waals surface area contributed by atoms with Gasteiger partial charge in [0.1, 0.15) is 5.76 Å². The zero-order chi connectivity index (χ0) is 19.2. The van der Waals surface area contributed by atoms with Gasteiger partial charge in [-0.25, -0.2) is 4.68 Å². The van der Waals surface area contributed by atoms with Gasteiger partial charge in [-0.3, -0.25) is 4.79 Å². The maximum Gasteiger partial charge on any atom is 0.237 e. The number of aromatic nitrogens is 4. The van der Waals surface area contributed by atoms with E-state index in [0.717, 1.165) is 30.9 Å². The minimum atomic E-state index is -0.0423. The predicted molar refractivity (Wildman–Crippen MR) is 104 cm³/mol. The molecule has 4 rings (SSSR count). The van der Waals surface area contributed by atoms with Gasteiger partial charge in [-0.1, -0.05) is 30.0 Å². The lowest BCUT2D eigenvalue weighted by Crippen LogP contribution is -2.31. The van der Waals surface area contributed by atoms with Crippen LogP contribution in [0.4, 0.5) is 5.69 Å². The van der Waals surface area contributed by atoms with Gasteiger partial charge in [-0.05, 0) is 47.5 Å². The van der Waals surface area contributed by atoms with E-state index in [0.29, 0.717) is 18.2 Å². The van der Waals surface area contributed by atoms with Crippen LogP contribution in [0.15, 0.2) is 58.3 Å². The third kappa shape index (κ3) is 4.60. The highest BCUT2D eigenvalue weighted by atomic mass is 32.2. The summed E-state index contributed by atoms with van der Waals surface area (Å²) in [6, 6.07) is 13.2. The first kappa shape index (κ1) is 18.7. The standard InChI is InChI=1S/C19H21N5O3S/c25-18(14-28-19-20-21-22-24(19)13-17-9-5-11-27-17)23(12-16-8-4-10-26-16)15-6-2-1-3-7-15/h1-4,6-8,10,17H,5,9,11-14H2. The molecule has 28 heavy (non-hydrogen) atoms. The lowest BCUT2D eigenvalue weighted by molar-refractivity contribution is -0.116. The summed E-state index contributed by atoms with van der Waals surface area (Å²) in [7, 11) is 0. The van der Waals surface area contributed by atoms with Crippen molar-refractivity contribution in [3.8, 4) is 0 Å². The van der Waals surface area contributed by atoms with E-state index in [1.807, 2.05) is 42.5 Å². The fourth-order valence-electron chi connectivity index (χ4n) is 3.09. The molecule has 0 aliphatic carbocycles. The van der Waals surface area contributed by atoms with Crippen LogP contribution in [0.2, 0.25) is 0 Å². The van der Waals surface area contributed by atoms with Crippen molar-refractivity contribution in [3.63, 3.8) is 0 Å². The number of carbonyl (C=O) groups is 1. The van der Waals surface area contributed by atoms with Gasteiger partial charge in [0.25, 0.3) is 0 Å². The molecule has 1 fully saturated rings. The summed E-state index contributed by atoms with van der Waals surface area (Å²) in [6.45, 7) is 1.77. The van der Waals surface area contributed by atoms with Crippen molar-refractivity contribution in [2.24, 2.45) is 0 Å². The van der Waals surface area contributed by atoms with Crippen LogP contribution in [0, 0.1) is 0 Å². The molecule has 0 saturated carbocycles. The number of amides is 1. The molecule has 3 aromatic rings. The highest BCUT2D eigenvalue weighted by molar-refractivity contribution is 7.99. The fourth-order valence-corrected chi connectivity index (χ4v) is 3.85. The predicted octanol–water partition coefficient (Wildman–Crippen LogP) is 2.77. The molecular formula is C19H21N5O3S. The van der Waals surface area contributed by atoms with Gasteiger partial charge in [0.2, 0.25) is 11.1 Å². The summed E-state index contributed by atoms with van der Waals surface area (Å²) in [5.41, 5.74) is 0.823. The van der Waals surface area contributed by atoms with Gasteiger partial charge < -0.3 is 14.1 Å². The molecule has 3 heterocycles. The Morgan fingerprint density at radius 1 is 1.25 bits per heavy atom. The monoisotopic (exact) mass is 399 g/mol. The molecule has 1 aromatic carbocycles. The van der Waals surface area contributed by atoms with Crippen LogP contribution in [0.1, 0.15) is 18.6 Å². The van der Waals surface area contributed by atoms with E-state index >= 15 is 0 Å². The van der Waals surface area contributed by atoms with Crippen molar-refractivity contribution in [2.45, 2.75) is 37.2 Å². The third-order valence-electron chi connectivity index (χ3n) is 4.49. The minimum Gasteiger partial charge on any atom is -0.467 e. The van der Waals surface area contributed by atoms with E-state index in [2.05, 4.69) is 15.5 Å². The normalized spacial score (nSPS) is 16.4. The number of hydrogen-bond donors (Lipinski definition) is 0. The van der Waals surface area contributed by atoms with Crippen LogP contribution in [0.5, 0.6) is 0 Å². The maximum absolute atomic E-state index is 13.0. The van der Waals surface area contributed by atoms with Gasteiger partial charge in [-0.2, -0.15) is 0 Å². The number of anilines is 1. The molecule has 0 N–H and O–H groups in total. The largest absolute Gasteiger partial charge is 0.467 e. The number of benzene rings is 1. The third-order valence-corrected chi connectivity index (χ3v) is 5.43. The average molecular weight is 399 g/mol. The summed E-state index contributed by atoms with van der Waals surface area (Å²) in [5, 5.41) is 12.5. The number of rotatable bonds is 8. The van der Waals surface area contributed by atoms with E-state index < -0.39 is 0 Å². The zero-order valence-corrected chi connectivity index (χ0v) is 16.1. The average Bonchev–Trinajstić information content (AvgIpc) is 3.49. The van der Waals surface area contributed by atoms with E-state index in [1.165, 1.54) is 11.8 Å². The van der Waals surface area contributed by atoms with Crippen LogP contribution in [0.25, 0.3) is 0 Å². The van der Waals surface area contributed by atoms with E-state index in [-0.39, 0.29) is 17.8 Å². The van der Waals surface area contributed by atoms with E-state index in [9.17, 15) is 4.79 Å². The SMILES string of the molecule is O=C(CSc1nnnn1CC1CCCO1)N(Cc1ccco1)c1ccccc1. The highest BCUT2D eigenvalue weighted by Crippen LogP contribution is 2.22. The second kappa shape index (κ2) is 9.03. The number of thioether (sulfide) groups is 1. The molecule has 146 valence electrons. The molecule has 1 atom stereocenters. The molecule has 1 aliphatic heterocycles. The first-order valence-electron chi connectivity index (χ1n) is 9.18. The topological polar surface area (TPSA) is 86.3 Å². The highest BCUT2D eigenvalue weighted by Gasteiger charge is 2.21. The van der Waals surface area contributed by atoms with Gasteiger partial charge in [-0.15, -0.1) is 5.10 Å². The second-order valence-corrected chi connectivity index (χ2v) is 7.40. The van der Waals surface area contributed by atoms with Gasteiger partial charge in [0.15, 0.2) is 0 Å². The summed E-state index contributed by atoms with van der Waals surface area (Å²) in [5.74, 6) is 0.909. The van der Waals surface area contributed by atoms with Gasteiger partial charge >= 0.3 is 0 Å². The number of carbonyl (C=O) groups excluding carboxylic acids is 1. The van der Waals surface area contributed by atoms with Crippen molar-refractivity contribution in [3.05, 3.63) is 54.5 Å². The minimum absolute atomic E-state index is 0.0423. The molecule has 1 amide bonds. The molecule has 9 heteroatoms. The Kier molecular flexibility index (Phi) is 6.03. The Morgan fingerprint density at radius 2 is 2.14 bits per heavy atom. The van der Waals surface area contributed by atoms with Crippen molar-refractivity contribution in [2.75, 3.05) is 17.3 Å². The number of ether oxygens (including phenoxy) is 1. The van der Waals surface area contributed by atoms with Crippen molar-refractivity contribution in [1.29, 1.82) is 0 Å². The quantitative estimate of drug-likeness (QED) is 0.538. The molecule has 1 aliphatic rings. The lowest BCUT2D eigenvalue weighted by Gasteiger charge is -2.21. The first-order chi connectivity index (χ1) is 13.8. The van der Waals surface area contributed by atoms with Crippen LogP contribution in [0.3, 0.4) is 0 Å². The van der Waals surface area contributed by atoms with E-state index in [1.54, 1.807) is 15.8 Å². The summed E-state index contributed by atoms with van der Waals surface area (Å²) in [6.07, 6.45) is 3.82. The summed E-state index contributed by atoms with van der Waals surface area (Å²) >= 11 is 1.33. The molecule has 0 bridgehead atoms. The molecule has 8 nitrogen and oxygen atoms in total. The smallest absolute Gasteiger partial charge is 0.237 e. The first-order valence-corrected chi connectivity index (χ1v) is 10.2. The number of furan rings is 1. The summed E-state index contributed by atoms with van der Waals surface area (Å²) in [4.78, 5) is 14.7. The second-order valence-electron chi connectivity index (χ2n) is 6.46. The Hall–Kier alpha value is -2.65. The van der Waals surface area contributed by atoms with Crippen LogP contribution >= 0.6 is 11.8 Å². The molecule has 0 radical (unpaired) electrons. The number of para-hydroxylation sites is 1. The van der Waals surface area contributed by atoms with Crippen LogP contribution in [-0.4, -0.2) is 44.6 Å². The Balaban J connectivity index is 1.42. The Bertz CT molecular complexity index is 878. The summed E-state index contributed by atoms with van der Waals surface area (Å²) < 4.78 is 12.8. The Labute approximate surface area is 166 Å². The molecule has 0 spiro atoms. The molecular weight excluding hydrogens is 378 g/mol. The van der Waals surface area contributed by atoms with Gasteiger partial charge in [0.05, 0.1) is 31.2 Å². The number of tetrazole rings is 1. The zero-order valence-electron chi connectivity index (χ0n) is 15.3. The molecule has 1 unspecified atom stereocenters. The molecule has 1 saturated heterocycles. The van der Waals surface area contributed by atoms with Gasteiger partial charge in [0, 0.05) is 12.3 Å². The lowest BCUT2D eigenvalue weighted by atomic mass is 10.2.